The second kappa shape index (κ2) is 9.58. The van der Waals surface area contributed by atoms with Crippen molar-refractivity contribution in [1.29, 1.82) is 0 Å². The Kier molecular flexibility index (Phi) is 6.90. The summed E-state index contributed by atoms with van der Waals surface area (Å²) in [5.41, 5.74) is 1.73. The second-order valence-corrected chi connectivity index (χ2v) is 7.55. The van der Waals surface area contributed by atoms with Crippen molar-refractivity contribution >= 4 is 40.4 Å². The molecule has 5 nitrogen and oxygen atoms in total. The number of anilines is 1. The van der Waals surface area contributed by atoms with Crippen LogP contribution >= 0.6 is 22.9 Å². The molecule has 3 aromatic rings. The molecular formula is C20H16ClF2N3O2S. The van der Waals surface area contributed by atoms with Gasteiger partial charge in [0.15, 0.2) is 11.6 Å². The minimum absolute atomic E-state index is 0.0322. The molecule has 29 heavy (non-hydrogen) atoms. The molecule has 0 spiro atoms. The van der Waals surface area contributed by atoms with Crippen molar-refractivity contribution in [1.82, 2.24) is 10.3 Å². The summed E-state index contributed by atoms with van der Waals surface area (Å²) < 4.78 is 26.0. The number of nitrogens with one attached hydrogen (secondary N) is 2. The molecule has 0 atom stereocenters. The van der Waals surface area contributed by atoms with Gasteiger partial charge >= 0.3 is 0 Å². The van der Waals surface area contributed by atoms with Crippen LogP contribution in [0.25, 0.3) is 0 Å². The summed E-state index contributed by atoms with van der Waals surface area (Å²) in [6, 6.07) is 10.5. The molecular weight excluding hydrogens is 420 g/mol. The molecule has 1 aromatic heterocycles. The standard InChI is InChI=1S/C20H16ClF2N3O2S/c21-13-3-1-2-12(6-13)7-20-26-15(11-29-20)9-18(27)24-10-19(28)25-14-4-5-16(22)17(23)8-14/h1-6,8,11H,7,9-10H2,(H,24,27)(H,25,28). The van der Waals surface area contributed by atoms with Crippen molar-refractivity contribution < 1.29 is 18.4 Å². The zero-order valence-electron chi connectivity index (χ0n) is 15.0. The number of hydrogen-bond acceptors (Lipinski definition) is 4. The highest BCUT2D eigenvalue weighted by molar-refractivity contribution is 7.09. The lowest BCUT2D eigenvalue weighted by atomic mass is 10.2. The van der Waals surface area contributed by atoms with Crippen LogP contribution in [0.4, 0.5) is 14.5 Å². The Balaban J connectivity index is 1.46. The van der Waals surface area contributed by atoms with E-state index in [1.165, 1.54) is 17.4 Å². The molecule has 1 heterocycles. The van der Waals surface area contributed by atoms with Crippen LogP contribution in [0.1, 0.15) is 16.3 Å². The number of carbonyl (C=O) groups excluding carboxylic acids is 2. The molecule has 2 amide bonds. The third-order valence-corrected chi connectivity index (χ3v) is 4.97. The number of halogens is 3. The molecule has 0 saturated heterocycles. The van der Waals surface area contributed by atoms with Gasteiger partial charge in [-0.25, -0.2) is 13.8 Å². The van der Waals surface area contributed by atoms with Crippen molar-refractivity contribution in [2.75, 3.05) is 11.9 Å². The highest BCUT2D eigenvalue weighted by atomic mass is 35.5. The van der Waals surface area contributed by atoms with Gasteiger partial charge in [0.2, 0.25) is 11.8 Å². The van der Waals surface area contributed by atoms with E-state index >= 15 is 0 Å². The summed E-state index contributed by atoms with van der Waals surface area (Å²) >= 11 is 7.41. The van der Waals surface area contributed by atoms with Crippen LogP contribution in [-0.2, 0) is 22.4 Å². The lowest BCUT2D eigenvalue weighted by Gasteiger charge is -2.07. The third kappa shape index (κ3) is 6.33. The summed E-state index contributed by atoms with van der Waals surface area (Å²) in [4.78, 5) is 28.3. The highest BCUT2D eigenvalue weighted by Crippen LogP contribution is 2.18. The van der Waals surface area contributed by atoms with Gasteiger partial charge in [-0.05, 0) is 29.8 Å². The van der Waals surface area contributed by atoms with Crippen LogP contribution in [0.15, 0.2) is 47.8 Å². The lowest BCUT2D eigenvalue weighted by molar-refractivity contribution is -0.123. The summed E-state index contributed by atoms with van der Waals surface area (Å²) in [7, 11) is 0. The SMILES string of the molecule is O=C(Cc1csc(Cc2cccc(Cl)c2)n1)NCC(=O)Nc1ccc(F)c(F)c1. The van der Waals surface area contributed by atoms with Gasteiger partial charge in [0.25, 0.3) is 0 Å². The van der Waals surface area contributed by atoms with E-state index in [9.17, 15) is 18.4 Å². The largest absolute Gasteiger partial charge is 0.347 e. The van der Waals surface area contributed by atoms with Crippen molar-refractivity contribution in [2.45, 2.75) is 12.8 Å². The Hall–Kier alpha value is -2.84. The minimum Gasteiger partial charge on any atom is -0.347 e. The van der Waals surface area contributed by atoms with E-state index in [0.717, 1.165) is 22.7 Å². The predicted molar refractivity (Wildman–Crippen MR) is 108 cm³/mol. The molecule has 0 bridgehead atoms. The van der Waals surface area contributed by atoms with E-state index in [-0.39, 0.29) is 24.6 Å². The van der Waals surface area contributed by atoms with E-state index in [0.29, 0.717) is 17.1 Å². The molecule has 0 radical (unpaired) electrons. The van der Waals surface area contributed by atoms with Crippen LogP contribution in [0, 0.1) is 11.6 Å². The zero-order chi connectivity index (χ0) is 20.8. The number of hydrogen-bond donors (Lipinski definition) is 2. The number of benzene rings is 2. The van der Waals surface area contributed by atoms with Crippen LogP contribution in [0.2, 0.25) is 5.02 Å². The number of aromatic nitrogens is 1. The average molecular weight is 436 g/mol. The van der Waals surface area contributed by atoms with E-state index in [1.807, 2.05) is 18.2 Å². The molecule has 2 aromatic carbocycles. The van der Waals surface area contributed by atoms with Crippen LogP contribution in [0.5, 0.6) is 0 Å². The van der Waals surface area contributed by atoms with Gasteiger partial charge in [-0.15, -0.1) is 11.3 Å². The summed E-state index contributed by atoms with van der Waals surface area (Å²) in [6.45, 7) is -0.294. The fourth-order valence-corrected chi connectivity index (χ4v) is 3.56. The van der Waals surface area contributed by atoms with Crippen molar-refractivity contribution in [2.24, 2.45) is 0 Å². The molecule has 3 rings (SSSR count). The first-order valence-corrected chi connectivity index (χ1v) is 9.84. The minimum atomic E-state index is -1.07. The first-order chi connectivity index (χ1) is 13.9. The highest BCUT2D eigenvalue weighted by Gasteiger charge is 2.11. The number of nitrogens with zero attached hydrogens (tertiary/aromatic N) is 1. The third-order valence-electron chi connectivity index (χ3n) is 3.83. The van der Waals surface area contributed by atoms with Gasteiger partial charge in [0.05, 0.1) is 23.7 Å². The molecule has 0 saturated carbocycles. The maximum atomic E-state index is 13.1. The van der Waals surface area contributed by atoms with E-state index in [4.69, 9.17) is 11.6 Å². The lowest BCUT2D eigenvalue weighted by Crippen LogP contribution is -2.33. The van der Waals surface area contributed by atoms with E-state index in [1.54, 1.807) is 11.4 Å². The molecule has 0 aliphatic rings. The maximum Gasteiger partial charge on any atom is 0.243 e. The van der Waals surface area contributed by atoms with Crippen LogP contribution in [0.3, 0.4) is 0 Å². The van der Waals surface area contributed by atoms with Gasteiger partial charge in [-0.1, -0.05) is 23.7 Å². The predicted octanol–water partition coefficient (Wildman–Crippen LogP) is 3.96. The quantitative estimate of drug-likeness (QED) is 0.590. The first kappa shape index (κ1) is 20.9. The Morgan fingerprint density at radius 3 is 2.66 bits per heavy atom. The number of carbonyl (C=O) groups is 2. The average Bonchev–Trinajstić information content (AvgIpc) is 3.10. The molecule has 2 N–H and O–H groups in total. The van der Waals surface area contributed by atoms with Crippen LogP contribution < -0.4 is 10.6 Å². The number of rotatable bonds is 7. The molecule has 9 heteroatoms. The smallest absolute Gasteiger partial charge is 0.243 e. The second-order valence-electron chi connectivity index (χ2n) is 6.17. The molecule has 0 unspecified atom stereocenters. The fraction of sp³-hybridized carbons (Fsp3) is 0.150. The first-order valence-electron chi connectivity index (χ1n) is 8.58. The Morgan fingerprint density at radius 1 is 1.07 bits per heavy atom. The Labute approximate surface area is 174 Å². The molecule has 0 aliphatic heterocycles. The Morgan fingerprint density at radius 2 is 1.90 bits per heavy atom. The fourth-order valence-electron chi connectivity index (χ4n) is 2.52. The monoisotopic (exact) mass is 435 g/mol. The topological polar surface area (TPSA) is 71.1 Å². The van der Waals surface area contributed by atoms with E-state index in [2.05, 4.69) is 15.6 Å². The maximum absolute atomic E-state index is 13.1. The Bertz CT molecular complexity index is 1040. The molecule has 0 fully saturated rings. The summed E-state index contributed by atoms with van der Waals surface area (Å²) in [5.74, 6) is -2.99. The normalized spacial score (nSPS) is 10.6. The van der Waals surface area contributed by atoms with Crippen molar-refractivity contribution in [3.05, 3.63) is 80.8 Å². The zero-order valence-corrected chi connectivity index (χ0v) is 16.6. The van der Waals surface area contributed by atoms with Gasteiger partial charge in [0, 0.05) is 28.6 Å². The molecule has 0 aliphatic carbocycles. The van der Waals surface area contributed by atoms with E-state index < -0.39 is 17.5 Å². The summed E-state index contributed by atoms with van der Waals surface area (Å²) in [6.07, 6.45) is 0.647. The van der Waals surface area contributed by atoms with Crippen molar-refractivity contribution in [3.8, 4) is 0 Å². The number of amides is 2. The van der Waals surface area contributed by atoms with Gasteiger partial charge in [-0.3, -0.25) is 9.59 Å². The van der Waals surface area contributed by atoms with Crippen molar-refractivity contribution in [3.63, 3.8) is 0 Å². The summed E-state index contributed by atoms with van der Waals surface area (Å²) in [5, 5.41) is 8.15. The van der Waals surface area contributed by atoms with Gasteiger partial charge in [-0.2, -0.15) is 0 Å². The van der Waals surface area contributed by atoms with Crippen LogP contribution in [-0.4, -0.2) is 23.3 Å². The molecule has 150 valence electrons. The number of thiazole rings is 1. The van der Waals surface area contributed by atoms with Gasteiger partial charge < -0.3 is 10.6 Å². The van der Waals surface area contributed by atoms with Gasteiger partial charge in [0.1, 0.15) is 0 Å².